The standard InChI is InChI=1S/C50H30O/c1-4-15-31(16-5-1)34-23-12-26-40-41-27-14-25-39(50(41)51-49(34)40)35-29-30-43-46-36(35)24-13-28-42(46)47-44(32-17-6-2-7-18-32)37-21-10-11-22-38(37)45(48(43)47)33-19-8-3-9-20-33/h1-30H. The van der Waals surface area contributed by atoms with E-state index in [0.29, 0.717) is 0 Å². The van der Waals surface area contributed by atoms with Gasteiger partial charge in [-0.1, -0.05) is 182 Å². The van der Waals surface area contributed by atoms with Crippen LogP contribution in [0.4, 0.5) is 0 Å². The summed E-state index contributed by atoms with van der Waals surface area (Å²) in [6, 6.07) is 65.9. The minimum Gasteiger partial charge on any atom is -0.455 e. The van der Waals surface area contributed by atoms with Crippen LogP contribution in [0.15, 0.2) is 186 Å². The van der Waals surface area contributed by atoms with Gasteiger partial charge in [0.25, 0.3) is 0 Å². The molecule has 0 fully saturated rings. The summed E-state index contributed by atoms with van der Waals surface area (Å²) in [5, 5.41) is 7.35. The Hall–Kier alpha value is -6.70. The van der Waals surface area contributed by atoms with Gasteiger partial charge in [0.05, 0.1) is 0 Å². The summed E-state index contributed by atoms with van der Waals surface area (Å²) in [6.45, 7) is 0. The highest BCUT2D eigenvalue weighted by Gasteiger charge is 2.31. The molecule has 11 rings (SSSR count). The van der Waals surface area contributed by atoms with Crippen LogP contribution in [0.3, 0.4) is 0 Å². The lowest BCUT2D eigenvalue weighted by Crippen LogP contribution is -1.93. The molecular weight excluding hydrogens is 617 g/mol. The van der Waals surface area contributed by atoms with Gasteiger partial charge in [0.2, 0.25) is 0 Å². The normalized spacial score (nSPS) is 11.9. The second kappa shape index (κ2) is 10.9. The van der Waals surface area contributed by atoms with Crippen molar-refractivity contribution in [2.75, 3.05) is 0 Å². The molecule has 0 aliphatic heterocycles. The summed E-state index contributed by atoms with van der Waals surface area (Å²) in [5.74, 6) is 0. The van der Waals surface area contributed by atoms with E-state index in [0.717, 1.165) is 38.6 Å². The smallest absolute Gasteiger partial charge is 0.143 e. The van der Waals surface area contributed by atoms with Crippen LogP contribution in [0, 0.1) is 0 Å². The first kappa shape index (κ1) is 28.2. The third-order valence-corrected chi connectivity index (χ3v) is 10.8. The van der Waals surface area contributed by atoms with E-state index in [1.54, 1.807) is 0 Å². The van der Waals surface area contributed by atoms with E-state index in [9.17, 15) is 0 Å². The summed E-state index contributed by atoms with van der Waals surface area (Å²) < 4.78 is 6.92. The molecule has 0 spiro atoms. The van der Waals surface area contributed by atoms with Crippen LogP contribution in [0.2, 0.25) is 0 Å². The Labute approximate surface area is 295 Å². The Bertz CT molecular complexity index is 2900. The Morgan fingerprint density at radius 2 is 0.647 bits per heavy atom. The van der Waals surface area contributed by atoms with Gasteiger partial charge in [-0.05, 0) is 77.2 Å². The van der Waals surface area contributed by atoms with Crippen molar-refractivity contribution in [3.63, 3.8) is 0 Å². The van der Waals surface area contributed by atoms with Gasteiger partial charge in [0.15, 0.2) is 0 Å². The molecule has 51 heavy (non-hydrogen) atoms. The highest BCUT2D eigenvalue weighted by atomic mass is 16.3. The molecule has 1 heterocycles. The van der Waals surface area contributed by atoms with E-state index < -0.39 is 0 Å². The predicted octanol–water partition coefficient (Wildman–Crippen LogP) is 14.2. The Kier molecular flexibility index (Phi) is 6.02. The van der Waals surface area contributed by atoms with Crippen LogP contribution >= 0.6 is 0 Å². The fraction of sp³-hybridized carbons (Fsp3) is 0. The fourth-order valence-electron chi connectivity index (χ4n) is 8.72. The summed E-state index contributed by atoms with van der Waals surface area (Å²) in [6.07, 6.45) is 0. The first-order valence-electron chi connectivity index (χ1n) is 17.6. The zero-order valence-corrected chi connectivity index (χ0v) is 27.7. The SMILES string of the molecule is c1ccc(-c2c3c(c(-c4ccccc4)c4ccccc24)-c2ccc(-c4cccc5c4oc4c(-c6ccccc6)cccc45)c4cccc-3c24)cc1. The summed E-state index contributed by atoms with van der Waals surface area (Å²) in [5.41, 5.74) is 16.6. The molecule has 0 saturated carbocycles. The molecule has 1 aliphatic carbocycles. The van der Waals surface area contributed by atoms with Gasteiger partial charge < -0.3 is 4.42 Å². The average molecular weight is 647 g/mol. The van der Waals surface area contributed by atoms with Gasteiger partial charge in [-0.15, -0.1) is 0 Å². The third kappa shape index (κ3) is 4.03. The lowest BCUT2D eigenvalue weighted by molar-refractivity contribution is 0.671. The molecular formula is C50H30O. The van der Waals surface area contributed by atoms with E-state index in [1.807, 2.05) is 0 Å². The first-order valence-corrected chi connectivity index (χ1v) is 17.6. The maximum Gasteiger partial charge on any atom is 0.143 e. The number of rotatable bonds is 4. The van der Waals surface area contributed by atoms with Crippen molar-refractivity contribution < 1.29 is 4.42 Å². The van der Waals surface area contributed by atoms with Gasteiger partial charge in [0.1, 0.15) is 11.2 Å². The Morgan fingerprint density at radius 1 is 0.235 bits per heavy atom. The second-order valence-electron chi connectivity index (χ2n) is 13.5. The maximum absolute atomic E-state index is 6.92. The molecule has 9 aromatic carbocycles. The van der Waals surface area contributed by atoms with Crippen molar-refractivity contribution >= 4 is 43.5 Å². The van der Waals surface area contributed by atoms with Gasteiger partial charge in [0, 0.05) is 21.9 Å². The van der Waals surface area contributed by atoms with Crippen molar-refractivity contribution in [2.45, 2.75) is 0 Å². The van der Waals surface area contributed by atoms with Crippen LogP contribution in [0.5, 0.6) is 0 Å². The molecule has 1 heteroatoms. The second-order valence-corrected chi connectivity index (χ2v) is 13.5. The van der Waals surface area contributed by atoms with Crippen LogP contribution in [0.1, 0.15) is 0 Å². The predicted molar refractivity (Wildman–Crippen MR) is 215 cm³/mol. The number of fused-ring (bicyclic) bond motifs is 7. The summed E-state index contributed by atoms with van der Waals surface area (Å²) in [4.78, 5) is 0. The number of hydrogen-bond donors (Lipinski definition) is 0. The monoisotopic (exact) mass is 646 g/mol. The molecule has 1 aliphatic rings. The van der Waals surface area contributed by atoms with E-state index >= 15 is 0 Å². The van der Waals surface area contributed by atoms with E-state index in [-0.39, 0.29) is 0 Å². The lowest BCUT2D eigenvalue weighted by Gasteiger charge is -2.20. The molecule has 0 N–H and O–H groups in total. The molecule has 0 amide bonds. The number of furan rings is 1. The van der Waals surface area contributed by atoms with Crippen molar-refractivity contribution in [3.05, 3.63) is 182 Å². The van der Waals surface area contributed by atoms with E-state index in [1.165, 1.54) is 71.6 Å². The van der Waals surface area contributed by atoms with Gasteiger partial charge >= 0.3 is 0 Å². The zero-order valence-electron chi connectivity index (χ0n) is 27.7. The Morgan fingerprint density at radius 3 is 1.24 bits per heavy atom. The molecule has 0 radical (unpaired) electrons. The molecule has 236 valence electrons. The quantitative estimate of drug-likeness (QED) is 0.185. The minimum atomic E-state index is 0.924. The molecule has 0 unspecified atom stereocenters. The topological polar surface area (TPSA) is 13.1 Å². The largest absolute Gasteiger partial charge is 0.455 e. The molecule has 0 saturated heterocycles. The van der Waals surface area contributed by atoms with Crippen molar-refractivity contribution in [1.29, 1.82) is 0 Å². The van der Waals surface area contributed by atoms with Gasteiger partial charge in [-0.3, -0.25) is 0 Å². The molecule has 1 nitrogen and oxygen atoms in total. The summed E-state index contributed by atoms with van der Waals surface area (Å²) >= 11 is 0. The highest BCUT2D eigenvalue weighted by molar-refractivity contribution is 6.29. The van der Waals surface area contributed by atoms with Crippen molar-refractivity contribution in [2.24, 2.45) is 0 Å². The van der Waals surface area contributed by atoms with Crippen molar-refractivity contribution in [3.8, 4) is 66.8 Å². The maximum atomic E-state index is 6.92. The molecule has 1 aromatic heterocycles. The van der Waals surface area contributed by atoms with Crippen LogP contribution < -0.4 is 0 Å². The van der Waals surface area contributed by atoms with Crippen LogP contribution in [-0.4, -0.2) is 0 Å². The lowest BCUT2D eigenvalue weighted by atomic mass is 9.82. The third-order valence-electron chi connectivity index (χ3n) is 10.8. The molecule has 0 atom stereocenters. The number of hydrogen-bond acceptors (Lipinski definition) is 1. The summed E-state index contributed by atoms with van der Waals surface area (Å²) in [7, 11) is 0. The van der Waals surface area contributed by atoms with Crippen LogP contribution in [-0.2, 0) is 0 Å². The van der Waals surface area contributed by atoms with Gasteiger partial charge in [-0.25, -0.2) is 0 Å². The fourth-order valence-corrected chi connectivity index (χ4v) is 8.72. The molecule has 10 aromatic rings. The molecule has 0 bridgehead atoms. The number of para-hydroxylation sites is 2. The minimum absolute atomic E-state index is 0.924. The van der Waals surface area contributed by atoms with E-state index in [2.05, 4.69) is 182 Å². The van der Waals surface area contributed by atoms with Crippen LogP contribution in [0.25, 0.3) is 110 Å². The van der Waals surface area contributed by atoms with E-state index in [4.69, 9.17) is 4.42 Å². The Balaban J connectivity index is 1.23. The average Bonchev–Trinajstić information content (AvgIpc) is 3.75. The zero-order chi connectivity index (χ0) is 33.5. The number of benzene rings is 9. The highest BCUT2D eigenvalue weighted by Crippen LogP contribution is 2.58. The van der Waals surface area contributed by atoms with Crippen molar-refractivity contribution in [1.82, 2.24) is 0 Å². The first-order chi connectivity index (χ1) is 25.3. The van der Waals surface area contributed by atoms with Gasteiger partial charge in [-0.2, -0.15) is 0 Å².